The van der Waals surface area contributed by atoms with Crippen molar-refractivity contribution in [3.05, 3.63) is 71.3 Å². The van der Waals surface area contributed by atoms with Crippen molar-refractivity contribution in [2.24, 2.45) is 10.9 Å². The van der Waals surface area contributed by atoms with Gasteiger partial charge in [-0.05, 0) is 30.7 Å². The van der Waals surface area contributed by atoms with Gasteiger partial charge in [0.25, 0.3) is 0 Å². The molecule has 1 fully saturated rings. The monoisotopic (exact) mass is 515 g/mol. The highest BCUT2D eigenvalue weighted by atomic mass is 19.4. The number of aromatic nitrogens is 2. The summed E-state index contributed by atoms with van der Waals surface area (Å²) in [5.41, 5.74) is 4.42. The molecule has 0 atom stereocenters. The number of rotatable bonds is 9. The minimum atomic E-state index is -4.45. The zero-order valence-corrected chi connectivity index (χ0v) is 20.3. The molecule has 2 heterocycles. The van der Waals surface area contributed by atoms with Crippen molar-refractivity contribution in [2.45, 2.75) is 13.1 Å². The Kier molecular flexibility index (Phi) is 8.41. The first-order valence-electron chi connectivity index (χ1n) is 11.7. The molecule has 3 aromatic rings. The summed E-state index contributed by atoms with van der Waals surface area (Å²) in [5, 5.41) is 5.46. The van der Waals surface area contributed by atoms with E-state index in [0.717, 1.165) is 23.3 Å². The van der Waals surface area contributed by atoms with Crippen LogP contribution in [0.3, 0.4) is 0 Å². The van der Waals surface area contributed by atoms with Crippen LogP contribution in [0.5, 0.6) is 6.01 Å². The van der Waals surface area contributed by atoms with Gasteiger partial charge in [0.05, 0.1) is 37.2 Å². The second kappa shape index (κ2) is 11.9. The van der Waals surface area contributed by atoms with Crippen molar-refractivity contribution < 1.29 is 22.6 Å². The number of morpholine rings is 1. The summed E-state index contributed by atoms with van der Waals surface area (Å²) in [6.45, 7) is 4.64. The number of aryl methyl sites for hydroxylation is 1. The number of anilines is 3. The molecule has 196 valence electrons. The molecule has 9 nitrogen and oxygen atoms in total. The molecule has 1 aromatic heterocycles. The Bertz CT molecular complexity index is 1220. The number of ether oxygens (including phenoxy) is 2. The Hall–Kier alpha value is -3.90. The highest BCUT2D eigenvalue weighted by Gasteiger charge is 2.30. The molecule has 37 heavy (non-hydrogen) atoms. The quantitative estimate of drug-likeness (QED) is 0.252. The summed E-state index contributed by atoms with van der Waals surface area (Å²) < 4.78 is 50.2. The summed E-state index contributed by atoms with van der Waals surface area (Å²) in [6, 6.07) is 14.5. The maximum Gasteiger partial charge on any atom is 0.416 e. The van der Waals surface area contributed by atoms with E-state index in [-0.39, 0.29) is 24.8 Å². The first-order valence-corrected chi connectivity index (χ1v) is 11.7. The van der Waals surface area contributed by atoms with Gasteiger partial charge in [0, 0.05) is 19.2 Å². The molecular weight excluding hydrogens is 487 g/mol. The van der Waals surface area contributed by atoms with Crippen LogP contribution in [0, 0.1) is 6.92 Å². The van der Waals surface area contributed by atoms with Crippen molar-refractivity contribution in [1.82, 2.24) is 9.97 Å². The van der Waals surface area contributed by atoms with Crippen LogP contribution in [0.2, 0.25) is 0 Å². The molecule has 0 aliphatic carbocycles. The number of nitrogens with one attached hydrogen (secondary N) is 1. The number of halogens is 3. The molecule has 0 radical (unpaired) electrons. The normalized spacial score (nSPS) is 14.1. The number of hydrogen-bond acceptors (Lipinski definition) is 9. The second-order valence-corrected chi connectivity index (χ2v) is 8.37. The summed E-state index contributed by atoms with van der Waals surface area (Å²) in [4.78, 5) is 10.9. The van der Waals surface area contributed by atoms with Crippen LogP contribution < -0.4 is 25.9 Å². The van der Waals surface area contributed by atoms with Gasteiger partial charge in [0.15, 0.2) is 5.82 Å². The van der Waals surface area contributed by atoms with E-state index in [0.29, 0.717) is 37.9 Å². The maximum atomic E-state index is 13.0. The third-order valence-electron chi connectivity index (χ3n) is 5.53. The molecular formula is C25H28F3N7O2. The molecule has 0 bridgehead atoms. The van der Waals surface area contributed by atoms with Crippen LogP contribution in [0.15, 0.2) is 59.7 Å². The highest BCUT2D eigenvalue weighted by molar-refractivity contribution is 5.80. The molecule has 4 rings (SSSR count). The van der Waals surface area contributed by atoms with Gasteiger partial charge in [-0.1, -0.05) is 35.9 Å². The fraction of sp³-hybridized carbons (Fsp3) is 0.320. The SMILES string of the molecule is Cc1cccc(/C=N/Nc2cc(N3CCOCC3)nc(OCCN(N)c3cccc(C(F)(F)F)c3)n2)c1. The van der Waals surface area contributed by atoms with Crippen molar-refractivity contribution in [3.8, 4) is 6.01 Å². The van der Waals surface area contributed by atoms with Gasteiger partial charge in [0.1, 0.15) is 12.4 Å². The van der Waals surface area contributed by atoms with Crippen LogP contribution in [0.1, 0.15) is 16.7 Å². The van der Waals surface area contributed by atoms with Gasteiger partial charge in [-0.15, -0.1) is 0 Å². The van der Waals surface area contributed by atoms with Gasteiger partial charge >= 0.3 is 12.2 Å². The van der Waals surface area contributed by atoms with E-state index in [9.17, 15) is 13.2 Å². The van der Waals surface area contributed by atoms with E-state index in [2.05, 4.69) is 20.5 Å². The molecule has 0 amide bonds. The fourth-order valence-corrected chi connectivity index (χ4v) is 3.64. The molecule has 3 N–H and O–H groups in total. The van der Waals surface area contributed by atoms with E-state index in [1.807, 2.05) is 36.1 Å². The molecule has 0 saturated carbocycles. The standard InChI is InChI=1S/C25H28F3N7O2/c1-18-4-2-5-19(14-18)17-30-33-22-16-23(34-8-11-36-12-9-34)32-24(31-22)37-13-10-35(29)21-7-3-6-20(15-21)25(26,27)28/h2-7,14-17H,8-13,29H2,1H3,(H,31,32,33)/b30-17+. The Morgan fingerprint density at radius 2 is 1.92 bits per heavy atom. The van der Waals surface area contributed by atoms with Crippen molar-refractivity contribution >= 4 is 23.5 Å². The van der Waals surface area contributed by atoms with Crippen LogP contribution in [-0.2, 0) is 10.9 Å². The summed E-state index contributed by atoms with van der Waals surface area (Å²) in [5.74, 6) is 7.04. The third-order valence-corrected chi connectivity index (χ3v) is 5.53. The van der Waals surface area contributed by atoms with Crippen molar-refractivity contribution in [1.29, 1.82) is 0 Å². The predicted octanol–water partition coefficient (Wildman–Crippen LogP) is 3.85. The number of nitrogens with two attached hydrogens (primary N) is 1. The Labute approximate surface area is 212 Å². The van der Waals surface area contributed by atoms with Gasteiger partial charge in [0.2, 0.25) is 0 Å². The lowest BCUT2D eigenvalue weighted by molar-refractivity contribution is -0.137. The third kappa shape index (κ3) is 7.54. The van der Waals surface area contributed by atoms with Gasteiger partial charge < -0.3 is 19.4 Å². The Balaban J connectivity index is 1.44. The van der Waals surface area contributed by atoms with Crippen LogP contribution >= 0.6 is 0 Å². The minimum absolute atomic E-state index is 0.0469. The lowest BCUT2D eigenvalue weighted by atomic mass is 10.2. The van der Waals surface area contributed by atoms with E-state index < -0.39 is 11.7 Å². The van der Waals surface area contributed by atoms with E-state index in [1.54, 1.807) is 12.3 Å². The van der Waals surface area contributed by atoms with Crippen LogP contribution in [-0.4, -0.2) is 55.6 Å². The summed E-state index contributed by atoms with van der Waals surface area (Å²) in [7, 11) is 0. The lowest BCUT2D eigenvalue weighted by Gasteiger charge is -2.28. The number of hydrazine groups is 1. The number of benzene rings is 2. The fourth-order valence-electron chi connectivity index (χ4n) is 3.64. The highest BCUT2D eigenvalue weighted by Crippen LogP contribution is 2.31. The zero-order chi connectivity index (χ0) is 26.3. The molecule has 0 spiro atoms. The topological polar surface area (TPSA) is 101 Å². The first kappa shape index (κ1) is 26.2. The largest absolute Gasteiger partial charge is 0.461 e. The van der Waals surface area contributed by atoms with E-state index in [4.69, 9.17) is 15.3 Å². The smallest absolute Gasteiger partial charge is 0.416 e. The average molecular weight is 516 g/mol. The molecule has 0 unspecified atom stereocenters. The van der Waals surface area contributed by atoms with Gasteiger partial charge in [-0.3, -0.25) is 5.43 Å². The summed E-state index contributed by atoms with van der Waals surface area (Å²) >= 11 is 0. The minimum Gasteiger partial charge on any atom is -0.461 e. The molecule has 2 aromatic carbocycles. The number of hydrogen-bond donors (Lipinski definition) is 2. The second-order valence-electron chi connectivity index (χ2n) is 8.37. The molecule has 12 heteroatoms. The van der Waals surface area contributed by atoms with Crippen molar-refractivity contribution in [2.75, 3.05) is 54.8 Å². The average Bonchev–Trinajstić information content (AvgIpc) is 2.89. The van der Waals surface area contributed by atoms with Crippen LogP contribution in [0.25, 0.3) is 0 Å². The molecule has 1 aliphatic heterocycles. The Morgan fingerprint density at radius 3 is 2.68 bits per heavy atom. The van der Waals surface area contributed by atoms with Gasteiger partial charge in [-0.25, -0.2) is 5.84 Å². The lowest BCUT2D eigenvalue weighted by Crippen LogP contribution is -2.37. The van der Waals surface area contributed by atoms with Gasteiger partial charge in [-0.2, -0.15) is 28.2 Å². The van der Waals surface area contributed by atoms with E-state index in [1.165, 1.54) is 17.1 Å². The van der Waals surface area contributed by atoms with E-state index >= 15 is 0 Å². The van der Waals surface area contributed by atoms with Crippen molar-refractivity contribution in [3.63, 3.8) is 0 Å². The maximum absolute atomic E-state index is 13.0. The zero-order valence-electron chi connectivity index (χ0n) is 20.3. The predicted molar refractivity (Wildman–Crippen MR) is 136 cm³/mol. The van der Waals surface area contributed by atoms with Crippen LogP contribution in [0.4, 0.5) is 30.5 Å². The first-order chi connectivity index (χ1) is 17.8. The molecule has 1 aliphatic rings. The Morgan fingerprint density at radius 1 is 1.14 bits per heavy atom. The molecule has 1 saturated heterocycles. The number of hydrazone groups is 1. The number of alkyl halides is 3. The summed E-state index contributed by atoms with van der Waals surface area (Å²) in [6.07, 6.45) is -2.77. The number of nitrogens with zero attached hydrogens (tertiary/aromatic N) is 5.